The highest BCUT2D eigenvalue weighted by Crippen LogP contribution is 2.25. The van der Waals surface area contributed by atoms with E-state index in [2.05, 4.69) is 29.6 Å². The number of esters is 2. The molecule has 5 heteroatoms. The lowest BCUT2D eigenvalue weighted by Crippen LogP contribution is -2.40. The molecule has 3 aromatic carbocycles. The van der Waals surface area contributed by atoms with Crippen molar-refractivity contribution in [3.8, 4) is 0 Å². The molecule has 0 aliphatic carbocycles. The van der Waals surface area contributed by atoms with Crippen molar-refractivity contribution >= 4 is 39.2 Å². The fourth-order valence-electron chi connectivity index (χ4n) is 2.86. The second kappa shape index (κ2) is 7.87. The van der Waals surface area contributed by atoms with Gasteiger partial charge in [-0.1, -0.05) is 30.3 Å². The van der Waals surface area contributed by atoms with Gasteiger partial charge in [0, 0.05) is 5.69 Å². The van der Waals surface area contributed by atoms with Gasteiger partial charge in [-0.15, -0.1) is 0 Å². The van der Waals surface area contributed by atoms with E-state index in [1.807, 2.05) is 30.3 Å². The van der Waals surface area contributed by atoms with Crippen molar-refractivity contribution < 1.29 is 19.1 Å². The molecular formula is C21H21NO4. The number of nitrogens with one attached hydrogen (secondary N) is 1. The van der Waals surface area contributed by atoms with Crippen LogP contribution in [0.3, 0.4) is 0 Å². The number of anilines is 1. The third-order valence-corrected chi connectivity index (χ3v) is 4.06. The Morgan fingerprint density at radius 1 is 0.808 bits per heavy atom. The molecule has 1 N–H and O–H groups in total. The van der Waals surface area contributed by atoms with Crippen molar-refractivity contribution in [2.75, 3.05) is 18.5 Å². The van der Waals surface area contributed by atoms with E-state index in [0.29, 0.717) is 5.69 Å². The summed E-state index contributed by atoms with van der Waals surface area (Å²) in [6.07, 6.45) is 0. The molecule has 0 spiro atoms. The van der Waals surface area contributed by atoms with Crippen molar-refractivity contribution in [3.05, 3.63) is 54.6 Å². The van der Waals surface area contributed by atoms with Gasteiger partial charge in [-0.3, -0.25) is 0 Å². The summed E-state index contributed by atoms with van der Waals surface area (Å²) in [4.78, 5) is 24.2. The van der Waals surface area contributed by atoms with Crippen LogP contribution in [0.5, 0.6) is 0 Å². The Bertz CT molecular complexity index is 933. The number of rotatable bonds is 6. The number of hydrogen-bond donors (Lipinski definition) is 1. The quantitative estimate of drug-likeness (QED) is 0.414. The monoisotopic (exact) mass is 351 g/mol. The van der Waals surface area contributed by atoms with Gasteiger partial charge in [-0.25, -0.2) is 9.59 Å². The zero-order chi connectivity index (χ0) is 18.5. The molecule has 0 atom stereocenters. The van der Waals surface area contributed by atoms with Crippen molar-refractivity contribution in [2.45, 2.75) is 19.9 Å². The van der Waals surface area contributed by atoms with Crippen LogP contribution in [0, 0.1) is 0 Å². The largest absolute Gasteiger partial charge is 0.464 e. The number of carbonyl (C=O) groups excluding carboxylic acids is 2. The first-order valence-corrected chi connectivity index (χ1v) is 8.64. The zero-order valence-electron chi connectivity index (χ0n) is 14.8. The molecule has 0 aliphatic heterocycles. The predicted molar refractivity (Wildman–Crippen MR) is 102 cm³/mol. The van der Waals surface area contributed by atoms with E-state index in [1.54, 1.807) is 13.8 Å². The molecule has 0 aliphatic rings. The molecule has 3 rings (SSSR count). The molecule has 0 saturated carbocycles. The maximum Gasteiger partial charge on any atom is 0.340 e. The Labute approximate surface area is 151 Å². The summed E-state index contributed by atoms with van der Waals surface area (Å²) in [6.45, 7) is 3.78. The summed E-state index contributed by atoms with van der Waals surface area (Å²) in [5.41, 5.74) is 0.652. The minimum absolute atomic E-state index is 0.195. The standard InChI is InChI=1S/C21H21NO4/c1-3-25-20(23)19(21(24)26-4-2)22-18-10-9-16-11-14-7-5-6-8-15(14)12-17(16)13-18/h5-13,19,22H,3-4H2,1-2H3. The van der Waals surface area contributed by atoms with Crippen molar-refractivity contribution in [2.24, 2.45) is 0 Å². The van der Waals surface area contributed by atoms with Crippen molar-refractivity contribution in [3.63, 3.8) is 0 Å². The van der Waals surface area contributed by atoms with Crippen LogP contribution in [0.15, 0.2) is 54.6 Å². The van der Waals surface area contributed by atoms with E-state index < -0.39 is 18.0 Å². The van der Waals surface area contributed by atoms with Gasteiger partial charge >= 0.3 is 11.9 Å². The molecule has 134 valence electrons. The maximum absolute atomic E-state index is 12.1. The van der Waals surface area contributed by atoms with E-state index in [1.165, 1.54) is 0 Å². The fourth-order valence-corrected chi connectivity index (χ4v) is 2.86. The first kappa shape index (κ1) is 17.7. The lowest BCUT2D eigenvalue weighted by Gasteiger charge is -2.17. The molecule has 0 amide bonds. The molecule has 0 unspecified atom stereocenters. The summed E-state index contributed by atoms with van der Waals surface area (Å²) in [5.74, 6) is -1.30. The van der Waals surface area contributed by atoms with Crippen LogP contribution in [0.2, 0.25) is 0 Å². The van der Waals surface area contributed by atoms with Crippen LogP contribution in [0.1, 0.15) is 13.8 Å². The smallest absolute Gasteiger partial charge is 0.340 e. The topological polar surface area (TPSA) is 64.6 Å². The molecular weight excluding hydrogens is 330 g/mol. The predicted octanol–water partition coefficient (Wildman–Crippen LogP) is 3.90. The van der Waals surface area contributed by atoms with Crippen LogP contribution in [-0.2, 0) is 19.1 Å². The molecule has 3 aromatic rings. The first-order valence-electron chi connectivity index (χ1n) is 8.64. The molecule has 0 aromatic heterocycles. The highest BCUT2D eigenvalue weighted by Gasteiger charge is 2.29. The van der Waals surface area contributed by atoms with E-state index in [4.69, 9.17) is 9.47 Å². The number of fused-ring (bicyclic) bond motifs is 2. The minimum Gasteiger partial charge on any atom is -0.464 e. The number of ether oxygens (including phenoxy) is 2. The van der Waals surface area contributed by atoms with Crippen LogP contribution < -0.4 is 5.32 Å². The van der Waals surface area contributed by atoms with Crippen LogP contribution >= 0.6 is 0 Å². The summed E-state index contributed by atoms with van der Waals surface area (Å²) in [6, 6.07) is 16.8. The SMILES string of the molecule is CCOC(=O)C(Nc1ccc2cc3ccccc3cc2c1)C(=O)OCC. The Kier molecular flexibility index (Phi) is 5.37. The van der Waals surface area contributed by atoms with Gasteiger partial charge in [0.05, 0.1) is 13.2 Å². The van der Waals surface area contributed by atoms with Gasteiger partial charge < -0.3 is 14.8 Å². The van der Waals surface area contributed by atoms with Gasteiger partial charge in [-0.2, -0.15) is 0 Å². The summed E-state index contributed by atoms with van der Waals surface area (Å²) in [7, 11) is 0. The van der Waals surface area contributed by atoms with E-state index in [-0.39, 0.29) is 13.2 Å². The van der Waals surface area contributed by atoms with Crippen LogP contribution in [0.4, 0.5) is 5.69 Å². The average molecular weight is 351 g/mol. The highest BCUT2D eigenvalue weighted by molar-refractivity contribution is 6.03. The van der Waals surface area contributed by atoms with Crippen LogP contribution in [0.25, 0.3) is 21.5 Å². The van der Waals surface area contributed by atoms with Gasteiger partial charge in [-0.05, 0) is 59.7 Å². The maximum atomic E-state index is 12.1. The van der Waals surface area contributed by atoms with Crippen molar-refractivity contribution in [1.82, 2.24) is 0 Å². The normalized spacial score (nSPS) is 10.9. The minimum atomic E-state index is -1.19. The second-order valence-corrected chi connectivity index (χ2v) is 5.84. The lowest BCUT2D eigenvalue weighted by atomic mass is 10.0. The van der Waals surface area contributed by atoms with Gasteiger partial charge in [0.1, 0.15) is 0 Å². The lowest BCUT2D eigenvalue weighted by molar-refractivity contribution is -0.155. The molecule has 5 nitrogen and oxygen atoms in total. The van der Waals surface area contributed by atoms with E-state index in [0.717, 1.165) is 21.5 Å². The summed E-state index contributed by atoms with van der Waals surface area (Å²) in [5, 5.41) is 7.33. The number of carbonyl (C=O) groups is 2. The van der Waals surface area contributed by atoms with Crippen molar-refractivity contribution in [1.29, 1.82) is 0 Å². The number of benzene rings is 3. The second-order valence-electron chi connectivity index (χ2n) is 5.84. The third kappa shape index (κ3) is 3.77. The van der Waals surface area contributed by atoms with Gasteiger partial charge in [0.15, 0.2) is 0 Å². The Balaban J connectivity index is 1.93. The summed E-state index contributed by atoms with van der Waals surface area (Å²) < 4.78 is 9.97. The molecule has 0 bridgehead atoms. The molecule has 26 heavy (non-hydrogen) atoms. The van der Waals surface area contributed by atoms with Gasteiger partial charge in [0.25, 0.3) is 0 Å². The summed E-state index contributed by atoms with van der Waals surface area (Å²) >= 11 is 0. The number of hydrogen-bond acceptors (Lipinski definition) is 5. The van der Waals surface area contributed by atoms with Gasteiger partial charge in [0.2, 0.25) is 6.04 Å². The zero-order valence-corrected chi connectivity index (χ0v) is 14.8. The Morgan fingerprint density at radius 3 is 1.92 bits per heavy atom. The van der Waals surface area contributed by atoms with Crippen LogP contribution in [-0.4, -0.2) is 31.2 Å². The molecule has 0 fully saturated rings. The molecule has 0 radical (unpaired) electrons. The molecule has 0 saturated heterocycles. The highest BCUT2D eigenvalue weighted by atomic mass is 16.6. The molecule has 0 heterocycles. The third-order valence-electron chi connectivity index (χ3n) is 4.06. The Hall–Kier alpha value is -3.08. The first-order chi connectivity index (χ1) is 12.6. The fraction of sp³-hybridized carbons (Fsp3) is 0.238. The Morgan fingerprint density at radius 2 is 1.35 bits per heavy atom. The average Bonchev–Trinajstić information content (AvgIpc) is 2.64. The van der Waals surface area contributed by atoms with E-state index in [9.17, 15) is 9.59 Å². The van der Waals surface area contributed by atoms with E-state index >= 15 is 0 Å².